The molecule has 9 heteroatoms. The quantitative estimate of drug-likeness (QED) is 0.724. The van der Waals surface area contributed by atoms with Gasteiger partial charge in [0, 0.05) is 23.9 Å². The van der Waals surface area contributed by atoms with Crippen molar-refractivity contribution in [2.75, 3.05) is 19.5 Å². The Kier molecular flexibility index (Phi) is 4.99. The Morgan fingerprint density at radius 2 is 2.04 bits per heavy atom. The van der Waals surface area contributed by atoms with E-state index in [1.807, 2.05) is 0 Å². The highest BCUT2D eigenvalue weighted by Gasteiger charge is 2.12. The summed E-state index contributed by atoms with van der Waals surface area (Å²) in [7, 11) is 3.06. The number of anilines is 1. The molecule has 0 aliphatic rings. The summed E-state index contributed by atoms with van der Waals surface area (Å²) >= 11 is 5.96. The van der Waals surface area contributed by atoms with Gasteiger partial charge in [-0.15, -0.1) is 15.3 Å². The average molecular weight is 362 g/mol. The molecule has 0 spiro atoms. The Morgan fingerprint density at radius 3 is 2.80 bits per heavy atom. The van der Waals surface area contributed by atoms with Crippen LogP contribution in [0.2, 0.25) is 5.02 Å². The van der Waals surface area contributed by atoms with E-state index in [1.54, 1.807) is 34.8 Å². The highest BCUT2D eigenvalue weighted by Crippen LogP contribution is 2.27. The number of carbonyl (C=O) groups excluding carboxylic acids is 1. The van der Waals surface area contributed by atoms with Crippen molar-refractivity contribution in [3.63, 3.8) is 0 Å². The normalized spacial score (nSPS) is 10.7. The van der Waals surface area contributed by atoms with Crippen molar-refractivity contribution in [1.29, 1.82) is 0 Å². The van der Waals surface area contributed by atoms with Crippen LogP contribution in [0, 0.1) is 0 Å². The number of methoxy groups -OCH3 is 2. The zero-order valence-electron chi connectivity index (χ0n) is 13.7. The Morgan fingerprint density at radius 1 is 1.20 bits per heavy atom. The second-order valence-corrected chi connectivity index (χ2v) is 5.59. The van der Waals surface area contributed by atoms with E-state index in [1.165, 1.54) is 14.2 Å². The zero-order chi connectivity index (χ0) is 17.8. The van der Waals surface area contributed by atoms with E-state index >= 15 is 0 Å². The number of nitrogens with one attached hydrogen (secondary N) is 1. The van der Waals surface area contributed by atoms with Crippen molar-refractivity contribution in [3.05, 3.63) is 41.2 Å². The lowest BCUT2D eigenvalue weighted by atomic mass is 10.2. The highest BCUT2D eigenvalue weighted by atomic mass is 35.5. The van der Waals surface area contributed by atoms with E-state index in [0.717, 1.165) is 0 Å². The number of aryl methyl sites for hydroxylation is 1. The lowest BCUT2D eigenvalue weighted by Gasteiger charge is -2.10. The number of carbonyl (C=O) groups is 1. The Bertz CT molecular complexity index is 912. The Hall–Kier alpha value is -2.87. The summed E-state index contributed by atoms with van der Waals surface area (Å²) in [5, 5.41) is 15.6. The van der Waals surface area contributed by atoms with Crippen LogP contribution in [-0.4, -0.2) is 39.9 Å². The molecule has 3 rings (SSSR count). The molecular weight excluding hydrogens is 346 g/mol. The van der Waals surface area contributed by atoms with Crippen LogP contribution < -0.4 is 14.8 Å². The lowest BCUT2D eigenvalue weighted by molar-refractivity contribution is -0.116. The molecule has 1 N–H and O–H groups in total. The van der Waals surface area contributed by atoms with Gasteiger partial charge < -0.3 is 14.8 Å². The lowest BCUT2D eigenvalue weighted by Crippen LogP contribution is -2.14. The van der Waals surface area contributed by atoms with Gasteiger partial charge in [0.2, 0.25) is 11.8 Å². The number of hydrogen-bond donors (Lipinski definition) is 1. The number of nitrogens with zero attached hydrogens (tertiary/aromatic N) is 4. The number of benzene rings is 1. The van der Waals surface area contributed by atoms with Crippen molar-refractivity contribution in [2.24, 2.45) is 0 Å². The maximum absolute atomic E-state index is 12.2. The number of fused-ring (bicyclic) bond motifs is 1. The smallest absolute Gasteiger partial charge is 0.231 e. The van der Waals surface area contributed by atoms with Gasteiger partial charge in [-0.1, -0.05) is 11.6 Å². The highest BCUT2D eigenvalue weighted by molar-refractivity contribution is 6.31. The van der Waals surface area contributed by atoms with Gasteiger partial charge >= 0.3 is 0 Å². The summed E-state index contributed by atoms with van der Waals surface area (Å²) in [4.78, 5) is 12.2. The third-order valence-electron chi connectivity index (χ3n) is 3.52. The van der Waals surface area contributed by atoms with Crippen LogP contribution in [0.3, 0.4) is 0 Å². The van der Waals surface area contributed by atoms with E-state index < -0.39 is 0 Å². The fourth-order valence-electron chi connectivity index (χ4n) is 2.30. The van der Waals surface area contributed by atoms with Crippen LogP contribution in [0.15, 0.2) is 30.3 Å². The summed E-state index contributed by atoms with van der Waals surface area (Å²) in [6, 6.07) is 8.47. The first kappa shape index (κ1) is 17.0. The average Bonchev–Trinajstić information content (AvgIpc) is 3.02. The van der Waals surface area contributed by atoms with Crippen molar-refractivity contribution in [2.45, 2.75) is 12.8 Å². The number of hydrogen-bond acceptors (Lipinski definition) is 6. The molecule has 0 fully saturated rings. The van der Waals surface area contributed by atoms with Crippen LogP contribution in [0.4, 0.5) is 5.69 Å². The van der Waals surface area contributed by atoms with Crippen molar-refractivity contribution in [3.8, 4) is 11.6 Å². The number of amides is 1. The standard InChI is InChI=1S/C16H16ClN5O3/c1-24-12-4-3-10(17)9-11(12)18-15(23)7-5-13-19-20-14-6-8-16(25-2)21-22(13)14/h3-4,6,8-9H,5,7H2,1-2H3,(H,18,23). The first-order valence-electron chi connectivity index (χ1n) is 7.49. The first-order valence-corrected chi connectivity index (χ1v) is 7.87. The van der Waals surface area contributed by atoms with E-state index in [2.05, 4.69) is 20.6 Å². The summed E-state index contributed by atoms with van der Waals surface area (Å²) in [6.07, 6.45) is 0.575. The molecular formula is C16H16ClN5O3. The van der Waals surface area contributed by atoms with Crippen molar-refractivity contribution in [1.82, 2.24) is 19.8 Å². The molecule has 0 saturated carbocycles. The molecule has 2 heterocycles. The molecule has 0 radical (unpaired) electrons. The number of aromatic nitrogens is 4. The minimum absolute atomic E-state index is 0.194. The molecule has 1 amide bonds. The van der Waals surface area contributed by atoms with Crippen LogP contribution in [0.5, 0.6) is 11.6 Å². The van der Waals surface area contributed by atoms with Gasteiger partial charge in [-0.25, -0.2) is 0 Å². The molecule has 8 nitrogen and oxygen atoms in total. The van der Waals surface area contributed by atoms with Gasteiger partial charge in [0.05, 0.1) is 19.9 Å². The molecule has 2 aromatic heterocycles. The van der Waals surface area contributed by atoms with Crippen molar-refractivity contribution < 1.29 is 14.3 Å². The summed E-state index contributed by atoms with van der Waals surface area (Å²) in [5.41, 5.74) is 1.11. The summed E-state index contributed by atoms with van der Waals surface area (Å²) in [6.45, 7) is 0. The van der Waals surface area contributed by atoms with Gasteiger partial charge in [-0.05, 0) is 24.3 Å². The third-order valence-corrected chi connectivity index (χ3v) is 3.76. The molecule has 3 aromatic rings. The monoisotopic (exact) mass is 361 g/mol. The molecule has 0 aliphatic carbocycles. The fourth-order valence-corrected chi connectivity index (χ4v) is 2.47. The van der Waals surface area contributed by atoms with Gasteiger partial charge in [0.25, 0.3) is 0 Å². The minimum Gasteiger partial charge on any atom is -0.495 e. The fraction of sp³-hybridized carbons (Fsp3) is 0.250. The van der Waals surface area contributed by atoms with E-state index in [0.29, 0.717) is 40.2 Å². The predicted octanol–water partition coefficient (Wildman–Crippen LogP) is 2.37. The zero-order valence-corrected chi connectivity index (χ0v) is 14.4. The van der Waals surface area contributed by atoms with Crippen LogP contribution in [-0.2, 0) is 11.2 Å². The minimum atomic E-state index is -0.194. The van der Waals surface area contributed by atoms with E-state index in [-0.39, 0.29) is 12.3 Å². The second kappa shape index (κ2) is 7.35. The Labute approximate surface area is 148 Å². The van der Waals surface area contributed by atoms with Gasteiger partial charge in [0.15, 0.2) is 11.5 Å². The summed E-state index contributed by atoms with van der Waals surface area (Å²) < 4.78 is 11.9. The SMILES string of the molecule is COc1ccc2nnc(CCC(=O)Nc3cc(Cl)ccc3OC)n2n1. The third kappa shape index (κ3) is 3.80. The predicted molar refractivity (Wildman–Crippen MR) is 92.3 cm³/mol. The number of ether oxygens (including phenoxy) is 2. The summed E-state index contributed by atoms with van der Waals surface area (Å²) in [5.74, 6) is 1.36. The molecule has 0 bridgehead atoms. The topological polar surface area (TPSA) is 90.6 Å². The van der Waals surface area contributed by atoms with E-state index in [4.69, 9.17) is 21.1 Å². The molecule has 0 saturated heterocycles. The Balaban J connectivity index is 1.70. The van der Waals surface area contributed by atoms with Crippen molar-refractivity contribution >= 4 is 28.8 Å². The molecule has 1 aromatic carbocycles. The van der Waals surface area contributed by atoms with Crippen LogP contribution in [0.25, 0.3) is 5.65 Å². The van der Waals surface area contributed by atoms with Gasteiger partial charge in [-0.3, -0.25) is 4.79 Å². The molecule has 0 unspecified atom stereocenters. The number of halogens is 1. The number of rotatable bonds is 6. The second-order valence-electron chi connectivity index (χ2n) is 5.15. The maximum atomic E-state index is 12.2. The molecule has 25 heavy (non-hydrogen) atoms. The van der Waals surface area contributed by atoms with Crippen LogP contribution in [0.1, 0.15) is 12.2 Å². The van der Waals surface area contributed by atoms with Gasteiger partial charge in [-0.2, -0.15) is 4.52 Å². The molecule has 0 atom stereocenters. The molecule has 130 valence electrons. The van der Waals surface area contributed by atoms with Crippen LogP contribution >= 0.6 is 11.6 Å². The largest absolute Gasteiger partial charge is 0.495 e. The first-order chi connectivity index (χ1) is 12.1. The molecule has 0 aliphatic heterocycles. The maximum Gasteiger partial charge on any atom is 0.231 e. The van der Waals surface area contributed by atoms with E-state index in [9.17, 15) is 4.79 Å². The van der Waals surface area contributed by atoms with Gasteiger partial charge in [0.1, 0.15) is 5.75 Å².